The van der Waals surface area contributed by atoms with Gasteiger partial charge in [0.15, 0.2) is 5.75 Å². The normalized spacial score (nSPS) is 10.8. The number of rotatable bonds is 3. The van der Waals surface area contributed by atoms with E-state index < -0.39 is 5.91 Å². The van der Waals surface area contributed by atoms with Crippen molar-refractivity contribution in [1.82, 2.24) is 20.0 Å². The summed E-state index contributed by atoms with van der Waals surface area (Å²) < 4.78 is 1.77. The number of aryl methyl sites for hydroxylation is 2. The molecule has 0 radical (unpaired) electrons. The second kappa shape index (κ2) is 6.01. The minimum Gasteiger partial charge on any atom is -0.504 e. The van der Waals surface area contributed by atoms with Crippen LogP contribution in [0, 0.1) is 13.8 Å². The van der Waals surface area contributed by atoms with Crippen molar-refractivity contribution >= 4 is 23.2 Å². The Morgan fingerprint density at radius 2 is 2.12 bits per heavy atom. The van der Waals surface area contributed by atoms with E-state index in [9.17, 15) is 9.90 Å². The molecule has 0 aliphatic rings. The summed E-state index contributed by atoms with van der Waals surface area (Å²) in [6.07, 6.45) is 0. The molecular weight excluding hydrogens is 330 g/mol. The van der Waals surface area contributed by atoms with Crippen LogP contribution in [0.1, 0.15) is 21.9 Å². The van der Waals surface area contributed by atoms with Gasteiger partial charge >= 0.3 is 0 Å². The van der Waals surface area contributed by atoms with E-state index in [1.165, 1.54) is 6.07 Å². The Labute approximate surface area is 143 Å². The molecule has 0 saturated heterocycles. The van der Waals surface area contributed by atoms with Gasteiger partial charge in [-0.25, -0.2) is 0 Å². The fourth-order valence-corrected chi connectivity index (χ4v) is 2.69. The Kier molecular flexibility index (Phi) is 4.02. The van der Waals surface area contributed by atoms with Gasteiger partial charge < -0.3 is 10.4 Å². The van der Waals surface area contributed by atoms with Crippen molar-refractivity contribution in [2.45, 2.75) is 13.8 Å². The van der Waals surface area contributed by atoms with Crippen molar-refractivity contribution in [3.63, 3.8) is 0 Å². The van der Waals surface area contributed by atoms with E-state index in [1.54, 1.807) is 22.9 Å². The maximum Gasteiger partial charge on any atom is 0.273 e. The number of H-pyrrole nitrogens is 1. The summed E-state index contributed by atoms with van der Waals surface area (Å²) in [6.45, 7) is 3.83. The van der Waals surface area contributed by atoms with E-state index in [0.29, 0.717) is 5.69 Å². The summed E-state index contributed by atoms with van der Waals surface area (Å²) in [7, 11) is 1.86. The maximum absolute atomic E-state index is 12.3. The molecular formula is C16H16ClN5O2. The van der Waals surface area contributed by atoms with Gasteiger partial charge in [0.1, 0.15) is 5.69 Å². The van der Waals surface area contributed by atoms with Crippen LogP contribution in [0.2, 0.25) is 5.02 Å². The zero-order chi connectivity index (χ0) is 17.4. The smallest absolute Gasteiger partial charge is 0.273 e. The molecule has 1 aromatic carbocycles. The molecule has 8 heteroatoms. The van der Waals surface area contributed by atoms with Crippen LogP contribution in [0.4, 0.5) is 5.69 Å². The number of phenols is 1. The zero-order valence-corrected chi connectivity index (χ0v) is 14.1. The first kappa shape index (κ1) is 16.1. The molecule has 3 rings (SSSR count). The number of para-hydroxylation sites is 1. The van der Waals surface area contributed by atoms with Gasteiger partial charge in [0.2, 0.25) is 0 Å². The van der Waals surface area contributed by atoms with Crippen LogP contribution >= 0.6 is 11.6 Å². The van der Waals surface area contributed by atoms with Crippen molar-refractivity contribution in [1.29, 1.82) is 0 Å². The highest BCUT2D eigenvalue weighted by Crippen LogP contribution is 2.31. The minimum absolute atomic E-state index is 0.166. The van der Waals surface area contributed by atoms with Crippen LogP contribution in [0.25, 0.3) is 11.3 Å². The maximum atomic E-state index is 12.3. The lowest BCUT2D eigenvalue weighted by Crippen LogP contribution is -2.12. The predicted octanol–water partition coefficient (Wildman–Crippen LogP) is 3.04. The highest BCUT2D eigenvalue weighted by molar-refractivity contribution is 6.32. The Morgan fingerprint density at radius 3 is 2.79 bits per heavy atom. The number of carbonyl (C=O) groups is 1. The van der Waals surface area contributed by atoms with Gasteiger partial charge in [0.05, 0.1) is 22.1 Å². The van der Waals surface area contributed by atoms with E-state index >= 15 is 0 Å². The monoisotopic (exact) mass is 345 g/mol. The largest absolute Gasteiger partial charge is 0.504 e. The Balaban J connectivity index is 1.88. The van der Waals surface area contributed by atoms with Crippen molar-refractivity contribution in [2.75, 3.05) is 5.32 Å². The summed E-state index contributed by atoms with van der Waals surface area (Å²) >= 11 is 5.83. The number of hydrogen-bond acceptors (Lipinski definition) is 4. The van der Waals surface area contributed by atoms with E-state index in [4.69, 9.17) is 11.6 Å². The van der Waals surface area contributed by atoms with Crippen LogP contribution in [0.15, 0.2) is 24.3 Å². The van der Waals surface area contributed by atoms with Gasteiger partial charge in [-0.05, 0) is 32.0 Å². The van der Waals surface area contributed by atoms with Gasteiger partial charge in [-0.1, -0.05) is 17.7 Å². The SMILES string of the molecule is Cc1nn(C)c(C)c1-c1cc(C(=O)Nc2cccc(Cl)c2O)[nH]n1. The van der Waals surface area contributed by atoms with Crippen molar-refractivity contribution in [2.24, 2.45) is 7.05 Å². The molecule has 0 aliphatic heterocycles. The molecule has 7 nitrogen and oxygen atoms in total. The number of amides is 1. The van der Waals surface area contributed by atoms with Gasteiger partial charge in [0, 0.05) is 18.3 Å². The van der Waals surface area contributed by atoms with Gasteiger partial charge in [0.25, 0.3) is 5.91 Å². The topological polar surface area (TPSA) is 95.8 Å². The average molecular weight is 346 g/mol. The van der Waals surface area contributed by atoms with E-state index in [0.717, 1.165) is 17.0 Å². The number of aromatic nitrogens is 4. The predicted molar refractivity (Wildman–Crippen MR) is 91.3 cm³/mol. The molecule has 0 spiro atoms. The highest BCUT2D eigenvalue weighted by Gasteiger charge is 2.18. The number of aromatic hydroxyl groups is 1. The molecule has 0 unspecified atom stereocenters. The van der Waals surface area contributed by atoms with E-state index in [2.05, 4.69) is 20.6 Å². The fraction of sp³-hybridized carbons (Fsp3) is 0.188. The van der Waals surface area contributed by atoms with Crippen molar-refractivity contribution < 1.29 is 9.90 Å². The second-order valence-electron chi connectivity index (χ2n) is 5.43. The molecule has 0 aliphatic carbocycles. The number of phenolic OH excluding ortho intramolecular Hbond substituents is 1. The molecule has 0 fully saturated rings. The van der Waals surface area contributed by atoms with Crippen molar-refractivity contribution in [3.05, 3.63) is 46.4 Å². The van der Waals surface area contributed by atoms with Crippen LogP contribution in [0.5, 0.6) is 5.75 Å². The number of hydrogen-bond donors (Lipinski definition) is 3. The summed E-state index contributed by atoms with van der Waals surface area (Å²) in [6, 6.07) is 6.38. The number of anilines is 1. The fourth-order valence-electron chi connectivity index (χ4n) is 2.52. The van der Waals surface area contributed by atoms with E-state index in [-0.39, 0.29) is 22.2 Å². The van der Waals surface area contributed by atoms with Crippen LogP contribution < -0.4 is 5.32 Å². The second-order valence-corrected chi connectivity index (χ2v) is 5.83. The standard InChI is InChI=1S/C16H16ClN5O2/c1-8-14(9(2)22(3)21-8)12-7-13(20-19-12)16(24)18-11-6-4-5-10(17)15(11)23/h4-7,23H,1-3H3,(H,18,24)(H,19,20). The first-order chi connectivity index (χ1) is 11.4. The molecule has 24 heavy (non-hydrogen) atoms. The Hall–Kier alpha value is -2.80. The van der Waals surface area contributed by atoms with Gasteiger partial charge in [-0.2, -0.15) is 10.2 Å². The quantitative estimate of drug-likeness (QED) is 0.636. The van der Waals surface area contributed by atoms with Crippen LogP contribution in [0.3, 0.4) is 0 Å². The first-order valence-electron chi connectivity index (χ1n) is 7.23. The van der Waals surface area contributed by atoms with Gasteiger partial charge in [-0.15, -0.1) is 0 Å². The molecule has 3 N–H and O–H groups in total. The minimum atomic E-state index is -0.425. The lowest BCUT2D eigenvalue weighted by molar-refractivity contribution is 0.102. The third-order valence-corrected chi connectivity index (χ3v) is 4.13. The number of halogens is 1. The summed E-state index contributed by atoms with van der Waals surface area (Å²) in [5, 5.41) is 23.9. The number of benzene rings is 1. The average Bonchev–Trinajstić information content (AvgIpc) is 3.10. The third kappa shape index (κ3) is 2.74. The lowest BCUT2D eigenvalue weighted by Gasteiger charge is -2.06. The molecule has 1 amide bonds. The number of nitrogens with one attached hydrogen (secondary N) is 2. The number of nitrogens with zero attached hydrogens (tertiary/aromatic N) is 3. The molecule has 124 valence electrons. The van der Waals surface area contributed by atoms with E-state index in [1.807, 2.05) is 20.9 Å². The molecule has 0 atom stereocenters. The van der Waals surface area contributed by atoms with Crippen LogP contribution in [-0.4, -0.2) is 31.0 Å². The molecule has 2 aromatic heterocycles. The molecule has 3 aromatic rings. The molecule has 2 heterocycles. The molecule has 0 saturated carbocycles. The number of carbonyl (C=O) groups excluding carboxylic acids is 1. The lowest BCUT2D eigenvalue weighted by atomic mass is 10.1. The first-order valence-corrected chi connectivity index (χ1v) is 7.61. The summed E-state index contributed by atoms with van der Waals surface area (Å²) in [5.74, 6) is -0.600. The molecule has 0 bridgehead atoms. The summed E-state index contributed by atoms with van der Waals surface area (Å²) in [5.41, 5.74) is 3.82. The Morgan fingerprint density at radius 1 is 1.38 bits per heavy atom. The van der Waals surface area contributed by atoms with Crippen molar-refractivity contribution in [3.8, 4) is 17.0 Å². The highest BCUT2D eigenvalue weighted by atomic mass is 35.5. The van der Waals surface area contributed by atoms with Gasteiger partial charge in [-0.3, -0.25) is 14.6 Å². The van der Waals surface area contributed by atoms with Crippen LogP contribution in [-0.2, 0) is 7.05 Å². The summed E-state index contributed by atoms with van der Waals surface area (Å²) in [4.78, 5) is 12.3. The zero-order valence-electron chi connectivity index (χ0n) is 13.4. The number of aromatic amines is 1. The Bertz CT molecular complexity index is 929. The third-order valence-electron chi connectivity index (χ3n) is 3.82.